The van der Waals surface area contributed by atoms with E-state index in [1.807, 2.05) is 0 Å². The fourth-order valence-electron chi connectivity index (χ4n) is 6.12. The highest BCUT2D eigenvalue weighted by Crippen LogP contribution is 2.18. The Morgan fingerprint density at radius 1 is 0.367 bits per heavy atom. The van der Waals surface area contributed by atoms with E-state index in [9.17, 15) is 0 Å². The fourth-order valence-corrected chi connectivity index (χ4v) is 6.89. The third-order valence-corrected chi connectivity index (χ3v) is 10.6. The molecule has 0 spiro atoms. The lowest BCUT2D eigenvalue weighted by Crippen LogP contribution is -1.97. The SMILES string of the molecule is CCCCCCCCCCOc1ccc(CBr)cc1.CCCCCCCCCCOc1ccc(CCCCCCCCCCCCBr)cc1. The number of alkyl halides is 2. The van der Waals surface area contributed by atoms with Gasteiger partial charge < -0.3 is 9.47 Å². The monoisotopic (exact) mass is 806 g/mol. The molecule has 4 heteroatoms. The maximum Gasteiger partial charge on any atom is 0.119 e. The lowest BCUT2D eigenvalue weighted by atomic mass is 10.0. The van der Waals surface area contributed by atoms with E-state index in [0.717, 1.165) is 30.0 Å². The summed E-state index contributed by atoms with van der Waals surface area (Å²) in [4.78, 5) is 0. The van der Waals surface area contributed by atoms with Gasteiger partial charge in [-0.2, -0.15) is 0 Å². The molecule has 0 aliphatic heterocycles. The Hall–Kier alpha value is -1.00. The van der Waals surface area contributed by atoms with Crippen molar-refractivity contribution in [1.29, 1.82) is 0 Å². The number of aryl methyl sites for hydroxylation is 1. The third kappa shape index (κ3) is 30.3. The van der Waals surface area contributed by atoms with E-state index in [2.05, 4.69) is 94.2 Å². The smallest absolute Gasteiger partial charge is 0.119 e. The van der Waals surface area contributed by atoms with Crippen LogP contribution in [0.2, 0.25) is 0 Å². The zero-order chi connectivity index (χ0) is 35.3. The molecule has 0 unspecified atom stereocenters. The van der Waals surface area contributed by atoms with Crippen molar-refractivity contribution >= 4 is 31.9 Å². The summed E-state index contributed by atoms with van der Waals surface area (Å²) in [5.74, 6) is 2.03. The minimum absolute atomic E-state index is 0.850. The van der Waals surface area contributed by atoms with Crippen LogP contribution in [0, 0.1) is 0 Å². The number of hydrogen-bond acceptors (Lipinski definition) is 2. The predicted octanol–water partition coefficient (Wildman–Crippen LogP) is 16.1. The first-order valence-electron chi connectivity index (χ1n) is 20.8. The van der Waals surface area contributed by atoms with Crippen molar-refractivity contribution in [2.24, 2.45) is 0 Å². The van der Waals surface area contributed by atoms with Gasteiger partial charge in [-0.25, -0.2) is 0 Å². The Labute approximate surface area is 321 Å². The van der Waals surface area contributed by atoms with Gasteiger partial charge in [0.15, 0.2) is 0 Å². The van der Waals surface area contributed by atoms with Crippen LogP contribution in [0.1, 0.15) is 192 Å². The summed E-state index contributed by atoms with van der Waals surface area (Å²) in [7, 11) is 0. The first-order valence-corrected chi connectivity index (χ1v) is 23.0. The van der Waals surface area contributed by atoms with Gasteiger partial charge in [-0.1, -0.05) is 211 Å². The first-order chi connectivity index (χ1) is 24.2. The normalized spacial score (nSPS) is 10.9. The Kier molecular flexibility index (Phi) is 34.5. The molecule has 2 rings (SSSR count). The van der Waals surface area contributed by atoms with E-state index in [1.165, 1.54) is 190 Å². The molecule has 0 saturated heterocycles. The maximum absolute atomic E-state index is 5.92. The van der Waals surface area contributed by atoms with Crippen LogP contribution in [-0.2, 0) is 11.8 Å². The minimum atomic E-state index is 0.850. The lowest BCUT2D eigenvalue weighted by Gasteiger charge is -2.08. The van der Waals surface area contributed by atoms with Gasteiger partial charge in [-0.3, -0.25) is 0 Å². The highest BCUT2D eigenvalue weighted by molar-refractivity contribution is 9.09. The molecule has 0 N–H and O–H groups in total. The van der Waals surface area contributed by atoms with Crippen molar-refractivity contribution in [2.45, 2.75) is 193 Å². The van der Waals surface area contributed by atoms with Crippen LogP contribution in [0.5, 0.6) is 11.5 Å². The predicted molar refractivity (Wildman–Crippen MR) is 225 cm³/mol. The summed E-state index contributed by atoms with van der Waals surface area (Å²) in [5, 5.41) is 2.08. The number of halogens is 2. The molecule has 0 atom stereocenters. The Morgan fingerprint density at radius 2 is 0.694 bits per heavy atom. The molecule has 0 bridgehead atoms. The number of hydrogen-bond donors (Lipinski definition) is 0. The highest BCUT2D eigenvalue weighted by atomic mass is 79.9. The van der Waals surface area contributed by atoms with E-state index in [4.69, 9.17) is 9.47 Å². The Balaban J connectivity index is 0.000000542. The number of rotatable bonds is 33. The van der Waals surface area contributed by atoms with Gasteiger partial charge in [0.05, 0.1) is 13.2 Å². The number of benzene rings is 2. The van der Waals surface area contributed by atoms with Crippen LogP contribution in [0.15, 0.2) is 48.5 Å². The topological polar surface area (TPSA) is 18.5 Å². The second-order valence-corrected chi connectivity index (χ2v) is 15.4. The maximum atomic E-state index is 5.92. The van der Waals surface area contributed by atoms with E-state index < -0.39 is 0 Å². The molecule has 0 aromatic heterocycles. The van der Waals surface area contributed by atoms with Crippen molar-refractivity contribution in [1.82, 2.24) is 0 Å². The average Bonchev–Trinajstić information content (AvgIpc) is 3.13. The van der Waals surface area contributed by atoms with Crippen LogP contribution >= 0.6 is 31.9 Å². The largest absolute Gasteiger partial charge is 0.494 e. The molecule has 0 heterocycles. The van der Waals surface area contributed by atoms with Crippen molar-refractivity contribution < 1.29 is 9.47 Å². The molecule has 0 radical (unpaired) electrons. The molecular formula is C45H76Br2O2. The van der Waals surface area contributed by atoms with Crippen molar-refractivity contribution in [3.05, 3.63) is 59.7 Å². The summed E-state index contributed by atoms with van der Waals surface area (Å²) >= 11 is 6.95. The van der Waals surface area contributed by atoms with Crippen molar-refractivity contribution in [3.8, 4) is 11.5 Å². The highest BCUT2D eigenvalue weighted by Gasteiger charge is 1.99. The van der Waals surface area contributed by atoms with E-state index in [1.54, 1.807) is 0 Å². The van der Waals surface area contributed by atoms with Crippen LogP contribution in [0.3, 0.4) is 0 Å². The van der Waals surface area contributed by atoms with Gasteiger partial charge in [0, 0.05) is 10.7 Å². The van der Waals surface area contributed by atoms with Crippen LogP contribution in [-0.4, -0.2) is 18.5 Å². The summed E-state index contributed by atoms with van der Waals surface area (Å²) in [6.07, 6.45) is 36.8. The Bertz CT molecular complexity index is 915. The number of ether oxygens (including phenoxy) is 2. The van der Waals surface area contributed by atoms with Crippen molar-refractivity contribution in [2.75, 3.05) is 18.5 Å². The van der Waals surface area contributed by atoms with E-state index >= 15 is 0 Å². The quantitative estimate of drug-likeness (QED) is 0.0528. The molecule has 0 fully saturated rings. The van der Waals surface area contributed by atoms with Crippen LogP contribution < -0.4 is 9.47 Å². The van der Waals surface area contributed by atoms with Gasteiger partial charge in [0.25, 0.3) is 0 Å². The summed E-state index contributed by atoms with van der Waals surface area (Å²) < 4.78 is 11.7. The molecular weight excluding hydrogens is 732 g/mol. The number of unbranched alkanes of at least 4 members (excludes halogenated alkanes) is 23. The molecule has 0 aliphatic carbocycles. The van der Waals surface area contributed by atoms with Gasteiger partial charge in [-0.15, -0.1) is 0 Å². The molecule has 0 saturated carbocycles. The minimum Gasteiger partial charge on any atom is -0.494 e. The summed E-state index contributed by atoms with van der Waals surface area (Å²) in [5.41, 5.74) is 2.75. The van der Waals surface area contributed by atoms with Crippen molar-refractivity contribution in [3.63, 3.8) is 0 Å². The molecule has 0 amide bonds. The van der Waals surface area contributed by atoms with E-state index in [0.29, 0.717) is 0 Å². The molecule has 2 nitrogen and oxygen atoms in total. The first kappa shape index (κ1) is 46.0. The molecule has 2 aromatic carbocycles. The standard InChI is InChI=1S/C28H49BrO.C17H27BrO/c1-2-3-4-5-6-13-16-19-26-30-28-23-21-27(22-24-28)20-17-14-11-9-7-8-10-12-15-18-25-29;1-2-3-4-5-6-7-8-9-14-19-17-12-10-16(15-18)11-13-17/h21-24H,2-20,25-26H2,1H3;10-13H,2-9,14-15H2,1H3. The van der Waals surface area contributed by atoms with Crippen LogP contribution in [0.25, 0.3) is 0 Å². The molecule has 282 valence electrons. The molecule has 49 heavy (non-hydrogen) atoms. The van der Waals surface area contributed by atoms with Gasteiger partial charge >= 0.3 is 0 Å². The van der Waals surface area contributed by atoms with Gasteiger partial charge in [-0.05, 0) is 67.5 Å². The second-order valence-electron chi connectivity index (χ2n) is 14.0. The lowest BCUT2D eigenvalue weighted by molar-refractivity contribution is 0.304. The van der Waals surface area contributed by atoms with Gasteiger partial charge in [0.1, 0.15) is 11.5 Å². The molecule has 0 aliphatic rings. The molecule has 2 aromatic rings. The Morgan fingerprint density at radius 3 is 1.06 bits per heavy atom. The second kappa shape index (κ2) is 36.8. The zero-order valence-corrected chi connectivity index (χ0v) is 35.3. The summed E-state index contributed by atoms with van der Waals surface area (Å²) in [6, 6.07) is 17.2. The third-order valence-electron chi connectivity index (χ3n) is 9.38. The van der Waals surface area contributed by atoms with Gasteiger partial charge in [0.2, 0.25) is 0 Å². The van der Waals surface area contributed by atoms with E-state index in [-0.39, 0.29) is 0 Å². The zero-order valence-electron chi connectivity index (χ0n) is 32.1. The van der Waals surface area contributed by atoms with Crippen LogP contribution in [0.4, 0.5) is 0 Å². The fraction of sp³-hybridized carbons (Fsp3) is 0.733. The average molecular weight is 809 g/mol. The summed E-state index contributed by atoms with van der Waals surface area (Å²) in [6.45, 7) is 6.26.